The zero-order valence-corrected chi connectivity index (χ0v) is 40.2. The molecule has 1 amide bonds. The summed E-state index contributed by atoms with van der Waals surface area (Å²) in [4.78, 5) is 13.0. The molecule has 0 aromatic rings. The normalized spacial score (nSPS) is 20.9. The number of amides is 1. The van der Waals surface area contributed by atoms with E-state index >= 15 is 0 Å². The Bertz CT molecular complexity index is 1320. The Balaban J connectivity index is 2.32. The third-order valence-electron chi connectivity index (χ3n) is 11.4. The summed E-state index contributed by atoms with van der Waals surface area (Å²) in [5, 5.41) is 54.3. The molecule has 366 valence electrons. The van der Waals surface area contributed by atoms with Crippen molar-refractivity contribution in [1.82, 2.24) is 5.32 Å². The van der Waals surface area contributed by atoms with Gasteiger partial charge in [-0.2, -0.15) is 0 Å². The molecule has 9 nitrogen and oxygen atoms in total. The summed E-state index contributed by atoms with van der Waals surface area (Å²) in [7, 11) is 0. The average Bonchev–Trinajstić information content (AvgIpc) is 3.29. The molecule has 0 radical (unpaired) electrons. The number of ether oxygens (including phenoxy) is 2. The van der Waals surface area contributed by atoms with E-state index in [-0.39, 0.29) is 12.5 Å². The average molecular weight is 896 g/mol. The van der Waals surface area contributed by atoms with Gasteiger partial charge in [-0.3, -0.25) is 4.79 Å². The molecule has 1 aliphatic heterocycles. The maximum Gasteiger partial charge on any atom is 0.220 e. The summed E-state index contributed by atoms with van der Waals surface area (Å²) in [6.07, 6.45) is 55.9. The number of aliphatic hydroxyl groups excluding tert-OH is 5. The summed E-state index contributed by atoms with van der Waals surface area (Å²) in [5.41, 5.74) is 0. The summed E-state index contributed by atoms with van der Waals surface area (Å²) in [6, 6.07) is -0.837. The molecule has 1 rings (SSSR count). The third kappa shape index (κ3) is 33.6. The van der Waals surface area contributed by atoms with Gasteiger partial charge in [0.15, 0.2) is 6.29 Å². The molecule has 7 unspecified atom stereocenters. The lowest BCUT2D eigenvalue weighted by molar-refractivity contribution is -0.302. The first-order valence-electron chi connectivity index (χ1n) is 25.5. The number of unbranched alkanes of at least 4 members (excludes halogenated alkanes) is 17. The molecule has 6 N–H and O–H groups in total. The molecule has 1 heterocycles. The molecule has 9 heteroatoms. The molecule has 1 aliphatic rings. The number of hydrogen-bond acceptors (Lipinski definition) is 8. The van der Waals surface area contributed by atoms with E-state index in [2.05, 4.69) is 104 Å². The molecular formula is C55H93NO8. The fourth-order valence-electron chi connectivity index (χ4n) is 7.33. The second-order valence-corrected chi connectivity index (χ2v) is 17.2. The molecule has 64 heavy (non-hydrogen) atoms. The van der Waals surface area contributed by atoms with Crippen LogP contribution in [-0.2, 0) is 14.3 Å². The fraction of sp³-hybridized carbons (Fsp3) is 0.691. The molecule has 0 saturated carbocycles. The molecule has 1 fully saturated rings. The SMILES string of the molecule is CC/C=C\C/C=C\C/C=C\C/C=C\C/C=C\CCCCCCCCCCCC(=O)NC(COC1OC(CO)C(O)C(O)C1O)C(O)/C=C/CC/C=C/CC/C=C/CCCCCCCC. The fourth-order valence-corrected chi connectivity index (χ4v) is 7.33. The molecule has 0 aromatic heterocycles. The van der Waals surface area contributed by atoms with Gasteiger partial charge >= 0.3 is 0 Å². The van der Waals surface area contributed by atoms with Gasteiger partial charge in [0.05, 0.1) is 25.4 Å². The number of rotatable bonds is 41. The Kier molecular flexibility index (Phi) is 40.6. The van der Waals surface area contributed by atoms with Crippen LogP contribution >= 0.6 is 0 Å². The van der Waals surface area contributed by atoms with Crippen molar-refractivity contribution in [3.8, 4) is 0 Å². The Morgan fingerprint density at radius 2 is 0.984 bits per heavy atom. The number of nitrogens with one attached hydrogen (secondary N) is 1. The Hall–Kier alpha value is -2.89. The van der Waals surface area contributed by atoms with Gasteiger partial charge in [-0.1, -0.05) is 188 Å². The second-order valence-electron chi connectivity index (χ2n) is 17.2. The summed E-state index contributed by atoms with van der Waals surface area (Å²) < 4.78 is 11.2. The molecule has 0 bridgehead atoms. The maximum absolute atomic E-state index is 13.0. The lowest BCUT2D eigenvalue weighted by atomic mass is 9.99. The minimum absolute atomic E-state index is 0.202. The van der Waals surface area contributed by atoms with E-state index in [0.29, 0.717) is 6.42 Å². The van der Waals surface area contributed by atoms with Crippen LogP contribution in [0.4, 0.5) is 0 Å². The number of carbonyl (C=O) groups is 1. The van der Waals surface area contributed by atoms with Crippen LogP contribution in [0.5, 0.6) is 0 Å². The maximum atomic E-state index is 13.0. The van der Waals surface area contributed by atoms with Crippen LogP contribution < -0.4 is 5.32 Å². The summed E-state index contributed by atoms with van der Waals surface area (Å²) in [5.74, 6) is -0.202. The van der Waals surface area contributed by atoms with Crippen LogP contribution in [-0.4, -0.2) is 87.5 Å². The Morgan fingerprint density at radius 3 is 1.50 bits per heavy atom. The minimum Gasteiger partial charge on any atom is -0.394 e. The van der Waals surface area contributed by atoms with E-state index in [1.54, 1.807) is 6.08 Å². The molecule has 7 atom stereocenters. The molecule has 0 aliphatic carbocycles. The van der Waals surface area contributed by atoms with Gasteiger partial charge < -0.3 is 40.3 Å². The predicted octanol–water partition coefficient (Wildman–Crippen LogP) is 11.7. The van der Waals surface area contributed by atoms with Gasteiger partial charge in [-0.05, 0) is 89.9 Å². The van der Waals surface area contributed by atoms with Crippen LogP contribution in [0.15, 0.2) is 97.2 Å². The standard InChI is InChI=1S/C55H93NO8/c1-3-5-7-9-11-13-15-17-19-21-22-23-24-25-26-27-28-29-31-33-35-37-39-41-43-45-51(59)56-48(47-63-55-54(62)53(61)52(60)50(46-57)64-55)49(58)44-42-40-38-36-34-32-30-20-18-16-14-12-10-8-6-4-2/h5,7,11,13,17-20,22-23,25-26,34,36,42,44,48-50,52-55,57-58,60-62H,3-4,6,8-10,12,14-16,21,24,27-33,35,37-41,43,45-47H2,1-2H3,(H,56,59)/b7-5-,13-11-,19-17-,20-18+,23-22-,26-25-,36-34+,44-42+. The molecule has 0 aromatic carbocycles. The van der Waals surface area contributed by atoms with Crippen LogP contribution in [0.25, 0.3) is 0 Å². The molecular weight excluding hydrogens is 803 g/mol. The van der Waals surface area contributed by atoms with E-state index in [4.69, 9.17) is 9.47 Å². The number of hydrogen-bond donors (Lipinski definition) is 6. The van der Waals surface area contributed by atoms with Crippen molar-refractivity contribution < 1.29 is 39.8 Å². The van der Waals surface area contributed by atoms with Gasteiger partial charge in [-0.25, -0.2) is 0 Å². The van der Waals surface area contributed by atoms with E-state index < -0.39 is 49.5 Å². The quantitative estimate of drug-likeness (QED) is 0.0262. The summed E-state index contributed by atoms with van der Waals surface area (Å²) >= 11 is 0. The largest absolute Gasteiger partial charge is 0.394 e. The van der Waals surface area contributed by atoms with Crippen LogP contribution in [0.2, 0.25) is 0 Å². The van der Waals surface area contributed by atoms with Crippen molar-refractivity contribution in [3.05, 3.63) is 97.2 Å². The topological polar surface area (TPSA) is 149 Å². The van der Waals surface area contributed by atoms with Gasteiger partial charge in [-0.15, -0.1) is 0 Å². The van der Waals surface area contributed by atoms with Crippen LogP contribution in [0, 0.1) is 0 Å². The first-order chi connectivity index (χ1) is 31.3. The highest BCUT2D eigenvalue weighted by Gasteiger charge is 2.44. The summed E-state index contributed by atoms with van der Waals surface area (Å²) in [6.45, 7) is 3.61. The van der Waals surface area contributed by atoms with Crippen LogP contribution in [0.1, 0.15) is 187 Å². The van der Waals surface area contributed by atoms with Crippen molar-refractivity contribution in [1.29, 1.82) is 0 Å². The highest BCUT2D eigenvalue weighted by atomic mass is 16.7. The van der Waals surface area contributed by atoms with Crippen molar-refractivity contribution in [2.75, 3.05) is 13.2 Å². The van der Waals surface area contributed by atoms with Crippen molar-refractivity contribution >= 4 is 5.91 Å². The highest BCUT2D eigenvalue weighted by Crippen LogP contribution is 2.22. The van der Waals surface area contributed by atoms with Crippen molar-refractivity contribution in [2.24, 2.45) is 0 Å². The zero-order chi connectivity index (χ0) is 46.6. The predicted molar refractivity (Wildman–Crippen MR) is 267 cm³/mol. The van der Waals surface area contributed by atoms with Crippen LogP contribution in [0.3, 0.4) is 0 Å². The number of aliphatic hydroxyl groups is 5. The first-order valence-corrected chi connectivity index (χ1v) is 25.5. The zero-order valence-electron chi connectivity index (χ0n) is 40.2. The highest BCUT2D eigenvalue weighted by molar-refractivity contribution is 5.76. The van der Waals surface area contributed by atoms with Crippen molar-refractivity contribution in [2.45, 2.75) is 230 Å². The van der Waals surface area contributed by atoms with Gasteiger partial charge in [0, 0.05) is 6.42 Å². The Morgan fingerprint density at radius 1 is 0.547 bits per heavy atom. The van der Waals surface area contributed by atoms with E-state index in [9.17, 15) is 30.3 Å². The van der Waals surface area contributed by atoms with E-state index in [1.807, 2.05) is 6.08 Å². The number of allylic oxidation sites excluding steroid dienone is 15. The monoisotopic (exact) mass is 896 g/mol. The first kappa shape index (κ1) is 59.1. The molecule has 0 spiro atoms. The lowest BCUT2D eigenvalue weighted by Gasteiger charge is -2.40. The number of carbonyl (C=O) groups excluding carboxylic acids is 1. The van der Waals surface area contributed by atoms with Gasteiger partial charge in [0.2, 0.25) is 5.91 Å². The lowest BCUT2D eigenvalue weighted by Crippen LogP contribution is -2.60. The van der Waals surface area contributed by atoms with E-state index in [1.165, 1.54) is 70.6 Å². The third-order valence-corrected chi connectivity index (χ3v) is 11.4. The molecule has 1 saturated heterocycles. The minimum atomic E-state index is -1.58. The van der Waals surface area contributed by atoms with E-state index in [0.717, 1.165) is 96.3 Å². The van der Waals surface area contributed by atoms with Gasteiger partial charge in [0.25, 0.3) is 0 Å². The second kappa shape index (κ2) is 44.0. The van der Waals surface area contributed by atoms with Crippen molar-refractivity contribution in [3.63, 3.8) is 0 Å². The smallest absolute Gasteiger partial charge is 0.220 e. The van der Waals surface area contributed by atoms with Gasteiger partial charge in [0.1, 0.15) is 24.4 Å². The Labute approximate surface area is 390 Å².